The van der Waals surface area contributed by atoms with Crippen molar-refractivity contribution in [3.63, 3.8) is 0 Å². The van der Waals surface area contributed by atoms with E-state index in [0.717, 1.165) is 37.7 Å². The summed E-state index contributed by atoms with van der Waals surface area (Å²) in [5.41, 5.74) is 3.36. The second-order valence-electron chi connectivity index (χ2n) is 8.91. The Morgan fingerprint density at radius 3 is 2.21 bits per heavy atom. The Hall–Kier alpha value is -2.44. The largest absolute Gasteiger partial charge is 0.461 e. The Labute approximate surface area is 205 Å². The number of hydrogen-bond acceptors (Lipinski definition) is 4. The van der Waals surface area contributed by atoms with Gasteiger partial charge in [-0.15, -0.1) is 0 Å². The molecule has 6 heteroatoms. The lowest BCUT2D eigenvalue weighted by Gasteiger charge is -2.17. The second-order valence-corrected chi connectivity index (χ2v) is 10.5. The van der Waals surface area contributed by atoms with Crippen molar-refractivity contribution in [2.45, 2.75) is 89.1 Å². The zero-order valence-electron chi connectivity index (χ0n) is 20.5. The van der Waals surface area contributed by atoms with Crippen molar-refractivity contribution in [1.29, 1.82) is 0 Å². The molecule has 0 amide bonds. The smallest absolute Gasteiger partial charge is 0.309 e. The van der Waals surface area contributed by atoms with Crippen molar-refractivity contribution >= 4 is 16.0 Å². The van der Waals surface area contributed by atoms with Crippen LogP contribution >= 0.6 is 0 Å². The van der Waals surface area contributed by atoms with Crippen molar-refractivity contribution < 1.29 is 17.9 Å². The van der Waals surface area contributed by atoms with Gasteiger partial charge in [0.2, 0.25) is 10.0 Å². The zero-order chi connectivity index (χ0) is 24.8. The van der Waals surface area contributed by atoms with Crippen LogP contribution < -0.4 is 5.14 Å². The first-order valence-electron chi connectivity index (χ1n) is 12.3. The first-order valence-corrected chi connectivity index (χ1v) is 13.8. The van der Waals surface area contributed by atoms with Crippen LogP contribution in [0.3, 0.4) is 0 Å². The van der Waals surface area contributed by atoms with Crippen LogP contribution in [0.5, 0.6) is 0 Å². The number of nitrogens with two attached hydrogens (primary N) is 1. The van der Waals surface area contributed by atoms with Crippen LogP contribution in [0.1, 0.15) is 87.3 Å². The van der Waals surface area contributed by atoms with Crippen molar-refractivity contribution in [3.8, 4) is 0 Å². The Balaban J connectivity index is 1.72. The molecule has 0 fully saturated rings. The van der Waals surface area contributed by atoms with E-state index < -0.39 is 10.0 Å². The predicted molar refractivity (Wildman–Crippen MR) is 138 cm³/mol. The number of rotatable bonds is 15. The molecule has 0 saturated heterocycles. The number of ether oxygens (including phenoxy) is 1. The molecular formula is C28H39NO4S. The van der Waals surface area contributed by atoms with Gasteiger partial charge in [0.05, 0.1) is 11.3 Å². The number of aryl methyl sites for hydroxylation is 1. The summed E-state index contributed by atoms with van der Waals surface area (Å²) in [5.74, 6) is 0.206. The summed E-state index contributed by atoms with van der Waals surface area (Å²) < 4.78 is 28.4. The third-order valence-electron chi connectivity index (χ3n) is 5.98. The molecule has 0 aliphatic carbocycles. The minimum absolute atomic E-state index is 0.158. The average Bonchev–Trinajstić information content (AvgIpc) is 2.81. The maximum atomic E-state index is 11.9. The Morgan fingerprint density at radius 2 is 1.59 bits per heavy atom. The molecule has 34 heavy (non-hydrogen) atoms. The number of carbonyl (C=O) groups excluding carboxylic acids is 1. The highest BCUT2D eigenvalue weighted by atomic mass is 32.2. The van der Waals surface area contributed by atoms with Gasteiger partial charge in [-0.1, -0.05) is 86.7 Å². The van der Waals surface area contributed by atoms with Crippen LogP contribution in [0.25, 0.3) is 0 Å². The number of primary sulfonamides is 1. The van der Waals surface area contributed by atoms with E-state index in [1.54, 1.807) is 12.1 Å². The van der Waals surface area contributed by atoms with E-state index in [9.17, 15) is 13.2 Å². The molecule has 0 spiro atoms. The number of sulfonamides is 1. The van der Waals surface area contributed by atoms with E-state index in [0.29, 0.717) is 18.9 Å². The van der Waals surface area contributed by atoms with Gasteiger partial charge < -0.3 is 4.74 Å². The molecule has 186 valence electrons. The summed E-state index contributed by atoms with van der Waals surface area (Å²) in [6, 6.07) is 15.0. The SMILES string of the molecule is CCCCCC(CCCCC=CCC(=O)OCc1ccc(C)cc1)c1ccc(S(N)(=O)=O)cc1. The number of carbonyl (C=O) groups is 1. The summed E-state index contributed by atoms with van der Waals surface area (Å²) in [6.07, 6.45) is 13.0. The summed E-state index contributed by atoms with van der Waals surface area (Å²) in [7, 11) is -3.66. The van der Waals surface area contributed by atoms with E-state index in [-0.39, 0.29) is 10.9 Å². The molecule has 2 N–H and O–H groups in total. The minimum Gasteiger partial charge on any atom is -0.461 e. The molecule has 2 rings (SSSR count). The topological polar surface area (TPSA) is 86.5 Å². The number of hydrogen-bond donors (Lipinski definition) is 1. The average molecular weight is 486 g/mol. The van der Waals surface area contributed by atoms with Crippen LogP contribution in [0.15, 0.2) is 65.6 Å². The van der Waals surface area contributed by atoms with Crippen molar-refractivity contribution in [1.82, 2.24) is 0 Å². The molecule has 0 bridgehead atoms. The van der Waals surface area contributed by atoms with Gasteiger partial charge in [-0.2, -0.15) is 0 Å². The molecule has 2 aromatic carbocycles. The van der Waals surface area contributed by atoms with Crippen molar-refractivity contribution in [3.05, 3.63) is 77.4 Å². The highest BCUT2D eigenvalue weighted by Crippen LogP contribution is 2.29. The monoisotopic (exact) mass is 485 g/mol. The molecule has 0 aromatic heterocycles. The highest BCUT2D eigenvalue weighted by Gasteiger charge is 2.13. The second kappa shape index (κ2) is 14.7. The van der Waals surface area contributed by atoms with Gasteiger partial charge in [0, 0.05) is 0 Å². The Bertz CT molecular complexity index is 996. The van der Waals surface area contributed by atoms with Gasteiger partial charge in [0.25, 0.3) is 0 Å². The Morgan fingerprint density at radius 1 is 0.941 bits per heavy atom. The van der Waals surface area contributed by atoms with Crippen LogP contribution in [0.4, 0.5) is 0 Å². The molecule has 0 saturated carbocycles. The zero-order valence-corrected chi connectivity index (χ0v) is 21.4. The maximum Gasteiger partial charge on any atom is 0.309 e. The van der Waals surface area contributed by atoms with E-state index in [1.165, 1.54) is 30.4 Å². The Kier molecular flexibility index (Phi) is 12.1. The standard InChI is InChI=1S/C28H39NO4S/c1-3-4-8-11-25(26-18-20-27(21-19-26)34(29,31)32)12-9-6-5-7-10-13-28(30)33-22-24-16-14-23(2)15-17-24/h7,10,14-21,25H,3-6,8-9,11-13,22H2,1-2H3,(H2,29,31,32). The van der Waals surface area contributed by atoms with Gasteiger partial charge in [-0.3, -0.25) is 4.79 Å². The molecule has 2 aromatic rings. The van der Waals surface area contributed by atoms with Crippen molar-refractivity contribution in [2.24, 2.45) is 5.14 Å². The molecule has 5 nitrogen and oxygen atoms in total. The molecule has 0 aliphatic heterocycles. The van der Waals surface area contributed by atoms with Gasteiger partial charge in [0.15, 0.2) is 0 Å². The van der Waals surface area contributed by atoms with Crippen molar-refractivity contribution in [2.75, 3.05) is 0 Å². The van der Waals surface area contributed by atoms with Crippen LogP contribution in [0, 0.1) is 6.92 Å². The maximum absolute atomic E-state index is 11.9. The third kappa shape index (κ3) is 10.7. The summed E-state index contributed by atoms with van der Waals surface area (Å²) >= 11 is 0. The first kappa shape index (κ1) is 27.8. The fourth-order valence-electron chi connectivity index (χ4n) is 3.91. The van der Waals surface area contributed by atoms with Gasteiger partial charge >= 0.3 is 5.97 Å². The predicted octanol–water partition coefficient (Wildman–Crippen LogP) is 6.56. The fraction of sp³-hybridized carbons (Fsp3) is 0.464. The summed E-state index contributed by atoms with van der Waals surface area (Å²) in [4.78, 5) is 12.1. The molecule has 0 radical (unpaired) electrons. The van der Waals surface area contributed by atoms with Crippen LogP contribution in [0.2, 0.25) is 0 Å². The van der Waals surface area contributed by atoms with E-state index >= 15 is 0 Å². The molecule has 0 heterocycles. The molecular weight excluding hydrogens is 446 g/mol. The van der Waals surface area contributed by atoms with Gasteiger partial charge in [0.1, 0.15) is 6.61 Å². The third-order valence-corrected chi connectivity index (χ3v) is 6.91. The highest BCUT2D eigenvalue weighted by molar-refractivity contribution is 7.89. The van der Waals surface area contributed by atoms with Crippen LogP contribution in [-0.2, 0) is 26.2 Å². The molecule has 0 aliphatic rings. The lowest BCUT2D eigenvalue weighted by atomic mass is 9.88. The fourth-order valence-corrected chi connectivity index (χ4v) is 4.42. The lowest BCUT2D eigenvalue weighted by Crippen LogP contribution is -2.12. The van der Waals surface area contributed by atoms with Gasteiger partial charge in [-0.05, 0) is 61.8 Å². The minimum atomic E-state index is -3.66. The summed E-state index contributed by atoms with van der Waals surface area (Å²) in [6.45, 7) is 4.53. The number of unbranched alkanes of at least 4 members (excludes halogenated alkanes) is 4. The number of allylic oxidation sites excluding steroid dienone is 1. The van der Waals surface area contributed by atoms with Crippen LogP contribution in [-0.4, -0.2) is 14.4 Å². The van der Waals surface area contributed by atoms with E-state index in [2.05, 4.69) is 13.0 Å². The lowest BCUT2D eigenvalue weighted by molar-refractivity contribution is -0.143. The van der Waals surface area contributed by atoms with Gasteiger partial charge in [-0.25, -0.2) is 13.6 Å². The van der Waals surface area contributed by atoms with E-state index in [1.807, 2.05) is 49.4 Å². The van der Waals surface area contributed by atoms with E-state index in [4.69, 9.17) is 9.88 Å². The number of benzene rings is 2. The normalized spacial score (nSPS) is 12.7. The summed E-state index contributed by atoms with van der Waals surface area (Å²) in [5, 5.41) is 5.22. The molecule has 1 unspecified atom stereocenters. The number of esters is 1. The molecule has 1 atom stereocenters. The first-order chi connectivity index (χ1) is 16.3. The quantitative estimate of drug-likeness (QED) is 0.176.